The number of ether oxygens (including phenoxy) is 1. The lowest BCUT2D eigenvalue weighted by atomic mass is 9.88. The summed E-state index contributed by atoms with van der Waals surface area (Å²) in [5.74, 6) is 0.453. The van der Waals surface area contributed by atoms with Gasteiger partial charge in [-0.3, -0.25) is 5.32 Å². The van der Waals surface area contributed by atoms with E-state index in [4.69, 9.17) is 16.3 Å². The van der Waals surface area contributed by atoms with Crippen molar-refractivity contribution in [1.29, 1.82) is 0 Å². The molecule has 1 aromatic carbocycles. The standard InChI is InChI=1S/C14H18ClNO2/c1-10-4-2-3-5-13(10)18-14(17)16-12-8-6-11(15)7-9-12/h6-10,13H,2-5H2,1H3,(H,16,17)/t10-,13+/m0/s1. The van der Waals surface area contributed by atoms with Crippen LogP contribution in [-0.2, 0) is 4.74 Å². The summed E-state index contributed by atoms with van der Waals surface area (Å²) < 4.78 is 5.45. The van der Waals surface area contributed by atoms with E-state index < -0.39 is 0 Å². The highest BCUT2D eigenvalue weighted by molar-refractivity contribution is 6.30. The van der Waals surface area contributed by atoms with Gasteiger partial charge < -0.3 is 4.74 Å². The van der Waals surface area contributed by atoms with Crippen molar-refractivity contribution in [2.75, 3.05) is 5.32 Å². The van der Waals surface area contributed by atoms with Crippen LogP contribution in [0.15, 0.2) is 24.3 Å². The molecule has 1 fully saturated rings. The van der Waals surface area contributed by atoms with Gasteiger partial charge in [0.05, 0.1) is 0 Å². The fourth-order valence-electron chi connectivity index (χ4n) is 2.28. The van der Waals surface area contributed by atoms with E-state index in [0.717, 1.165) is 19.3 Å². The Morgan fingerprint density at radius 1 is 1.28 bits per heavy atom. The Bertz CT molecular complexity index is 405. The molecule has 18 heavy (non-hydrogen) atoms. The summed E-state index contributed by atoms with van der Waals surface area (Å²) in [5, 5.41) is 3.37. The van der Waals surface area contributed by atoms with Gasteiger partial charge in [-0.2, -0.15) is 0 Å². The third-order valence-electron chi connectivity index (χ3n) is 3.38. The molecule has 1 aromatic rings. The van der Waals surface area contributed by atoms with Crippen LogP contribution in [0.3, 0.4) is 0 Å². The highest BCUT2D eigenvalue weighted by atomic mass is 35.5. The van der Waals surface area contributed by atoms with Crippen LogP contribution in [-0.4, -0.2) is 12.2 Å². The maximum atomic E-state index is 11.7. The highest BCUT2D eigenvalue weighted by Gasteiger charge is 2.24. The molecule has 0 spiro atoms. The number of halogens is 1. The molecular weight excluding hydrogens is 250 g/mol. The number of amides is 1. The van der Waals surface area contributed by atoms with Gasteiger partial charge in [-0.1, -0.05) is 24.9 Å². The van der Waals surface area contributed by atoms with Gasteiger partial charge in [0.15, 0.2) is 0 Å². The molecule has 0 unspecified atom stereocenters. The summed E-state index contributed by atoms with van der Waals surface area (Å²) in [6.07, 6.45) is 4.15. The first-order valence-corrected chi connectivity index (χ1v) is 6.76. The minimum Gasteiger partial charge on any atom is -0.446 e. The van der Waals surface area contributed by atoms with Gasteiger partial charge in [-0.05, 0) is 49.4 Å². The second-order valence-corrected chi connectivity index (χ2v) is 5.27. The summed E-state index contributed by atoms with van der Waals surface area (Å²) in [6.45, 7) is 2.14. The summed E-state index contributed by atoms with van der Waals surface area (Å²) in [5.41, 5.74) is 0.702. The maximum absolute atomic E-state index is 11.7. The van der Waals surface area contributed by atoms with Crippen molar-refractivity contribution in [3.8, 4) is 0 Å². The summed E-state index contributed by atoms with van der Waals surface area (Å²) >= 11 is 5.78. The molecule has 0 saturated heterocycles. The fraction of sp³-hybridized carbons (Fsp3) is 0.500. The molecule has 2 atom stereocenters. The quantitative estimate of drug-likeness (QED) is 0.859. The molecule has 0 heterocycles. The first-order chi connectivity index (χ1) is 8.65. The minimum absolute atomic E-state index is 0.0473. The Labute approximate surface area is 112 Å². The van der Waals surface area contributed by atoms with Gasteiger partial charge in [-0.15, -0.1) is 0 Å². The average Bonchev–Trinajstić information content (AvgIpc) is 2.35. The number of anilines is 1. The number of hydrogen-bond acceptors (Lipinski definition) is 2. The zero-order chi connectivity index (χ0) is 13.0. The molecule has 98 valence electrons. The molecule has 0 aliphatic heterocycles. The third kappa shape index (κ3) is 3.64. The van der Waals surface area contributed by atoms with Crippen molar-refractivity contribution in [2.24, 2.45) is 5.92 Å². The predicted octanol–water partition coefficient (Wildman–Crippen LogP) is 4.47. The van der Waals surface area contributed by atoms with E-state index in [1.165, 1.54) is 6.42 Å². The topological polar surface area (TPSA) is 38.3 Å². The van der Waals surface area contributed by atoms with E-state index in [2.05, 4.69) is 12.2 Å². The first kappa shape index (κ1) is 13.2. The van der Waals surface area contributed by atoms with Gasteiger partial charge >= 0.3 is 6.09 Å². The second-order valence-electron chi connectivity index (χ2n) is 4.84. The Hall–Kier alpha value is -1.22. The van der Waals surface area contributed by atoms with Crippen LogP contribution in [0.1, 0.15) is 32.6 Å². The second kappa shape index (κ2) is 6.10. The number of nitrogens with one attached hydrogen (secondary N) is 1. The van der Waals surface area contributed by atoms with Gasteiger partial charge in [0, 0.05) is 10.7 Å². The molecular formula is C14H18ClNO2. The van der Waals surface area contributed by atoms with Crippen molar-refractivity contribution in [1.82, 2.24) is 0 Å². The first-order valence-electron chi connectivity index (χ1n) is 6.38. The Morgan fingerprint density at radius 3 is 2.61 bits per heavy atom. The van der Waals surface area contributed by atoms with Crippen molar-refractivity contribution in [3.63, 3.8) is 0 Å². The zero-order valence-electron chi connectivity index (χ0n) is 10.5. The third-order valence-corrected chi connectivity index (χ3v) is 3.63. The van der Waals surface area contributed by atoms with Crippen molar-refractivity contribution < 1.29 is 9.53 Å². The zero-order valence-corrected chi connectivity index (χ0v) is 11.2. The Balaban J connectivity index is 1.86. The lowest BCUT2D eigenvalue weighted by Crippen LogP contribution is -2.30. The van der Waals surface area contributed by atoms with Crippen LogP contribution in [0, 0.1) is 5.92 Å². The van der Waals surface area contributed by atoms with E-state index >= 15 is 0 Å². The van der Waals surface area contributed by atoms with Gasteiger partial charge in [0.2, 0.25) is 0 Å². The van der Waals surface area contributed by atoms with E-state index in [1.807, 2.05) is 0 Å². The number of rotatable bonds is 2. The van der Waals surface area contributed by atoms with E-state index in [-0.39, 0.29) is 12.2 Å². The number of benzene rings is 1. The normalized spacial score (nSPS) is 23.4. The van der Waals surface area contributed by atoms with Gasteiger partial charge in [0.1, 0.15) is 6.10 Å². The SMILES string of the molecule is C[C@H]1CCCC[C@H]1OC(=O)Nc1ccc(Cl)cc1. The largest absolute Gasteiger partial charge is 0.446 e. The Morgan fingerprint density at radius 2 is 1.94 bits per heavy atom. The molecule has 0 radical (unpaired) electrons. The van der Waals surface area contributed by atoms with Crippen LogP contribution in [0.4, 0.5) is 10.5 Å². The van der Waals surface area contributed by atoms with Crippen LogP contribution >= 0.6 is 11.6 Å². The van der Waals surface area contributed by atoms with E-state index in [1.54, 1.807) is 24.3 Å². The molecule has 1 aliphatic rings. The minimum atomic E-state index is -0.379. The molecule has 3 nitrogen and oxygen atoms in total. The van der Waals surface area contributed by atoms with E-state index in [9.17, 15) is 4.79 Å². The molecule has 1 aliphatic carbocycles. The summed E-state index contributed by atoms with van der Waals surface area (Å²) in [4.78, 5) is 11.7. The fourth-order valence-corrected chi connectivity index (χ4v) is 2.40. The van der Waals surface area contributed by atoms with E-state index in [0.29, 0.717) is 16.6 Å². The molecule has 1 saturated carbocycles. The Kier molecular flexibility index (Phi) is 4.48. The summed E-state index contributed by atoms with van der Waals surface area (Å²) in [7, 11) is 0. The van der Waals surface area contributed by atoms with Gasteiger partial charge in [0.25, 0.3) is 0 Å². The molecule has 1 amide bonds. The number of hydrogen-bond donors (Lipinski definition) is 1. The van der Waals surface area contributed by atoms with Crippen LogP contribution in [0.2, 0.25) is 5.02 Å². The van der Waals surface area contributed by atoms with Crippen molar-refractivity contribution in [3.05, 3.63) is 29.3 Å². The smallest absolute Gasteiger partial charge is 0.411 e. The average molecular weight is 268 g/mol. The van der Waals surface area contributed by atoms with Crippen molar-refractivity contribution >= 4 is 23.4 Å². The van der Waals surface area contributed by atoms with Gasteiger partial charge in [-0.25, -0.2) is 4.79 Å². The molecule has 1 N–H and O–H groups in total. The van der Waals surface area contributed by atoms with Crippen molar-refractivity contribution in [2.45, 2.75) is 38.7 Å². The molecule has 2 rings (SSSR count). The molecule has 0 aromatic heterocycles. The van der Waals surface area contributed by atoms with Crippen LogP contribution in [0.5, 0.6) is 0 Å². The number of carbonyl (C=O) groups is 1. The lowest BCUT2D eigenvalue weighted by molar-refractivity contribution is 0.0524. The molecule has 0 bridgehead atoms. The monoisotopic (exact) mass is 267 g/mol. The number of carbonyl (C=O) groups excluding carboxylic acids is 1. The lowest BCUT2D eigenvalue weighted by Gasteiger charge is -2.28. The molecule has 4 heteroatoms. The highest BCUT2D eigenvalue weighted by Crippen LogP contribution is 2.26. The maximum Gasteiger partial charge on any atom is 0.411 e. The predicted molar refractivity (Wildman–Crippen MR) is 73.0 cm³/mol. The van der Waals surface area contributed by atoms with Crippen LogP contribution < -0.4 is 5.32 Å². The summed E-state index contributed by atoms with van der Waals surface area (Å²) in [6, 6.07) is 6.99. The van der Waals surface area contributed by atoms with Crippen LogP contribution in [0.25, 0.3) is 0 Å².